The molecule has 0 bridgehead atoms. The second-order valence-electron chi connectivity index (χ2n) is 8.65. The van der Waals surface area contributed by atoms with Gasteiger partial charge >= 0.3 is 0 Å². The number of aromatic nitrogens is 5. The molecule has 180 valence electrons. The fourth-order valence-electron chi connectivity index (χ4n) is 4.25. The lowest BCUT2D eigenvalue weighted by atomic mass is 10.1. The third-order valence-electron chi connectivity index (χ3n) is 6.10. The zero-order chi connectivity index (χ0) is 24.4. The molecule has 1 aromatic carbocycles. The van der Waals surface area contributed by atoms with Crippen LogP contribution in [0.4, 0.5) is 17.5 Å². The van der Waals surface area contributed by atoms with Crippen molar-refractivity contribution in [3.8, 4) is 5.82 Å². The average molecular weight is 491 g/mol. The molecule has 0 amide bonds. The summed E-state index contributed by atoms with van der Waals surface area (Å²) in [7, 11) is 2.14. The predicted molar refractivity (Wildman–Crippen MR) is 140 cm³/mol. The second kappa shape index (κ2) is 9.89. The minimum atomic E-state index is -0.201. The Kier molecular flexibility index (Phi) is 6.52. The molecule has 0 saturated carbocycles. The first-order valence-corrected chi connectivity index (χ1v) is 11.9. The van der Waals surface area contributed by atoms with E-state index in [1.807, 2.05) is 30.3 Å². The molecule has 3 aromatic heterocycles. The highest BCUT2D eigenvalue weighted by Gasteiger charge is 2.20. The molecule has 1 aliphatic rings. The Morgan fingerprint density at radius 2 is 1.91 bits per heavy atom. The van der Waals surface area contributed by atoms with Crippen molar-refractivity contribution in [1.82, 2.24) is 29.2 Å². The van der Waals surface area contributed by atoms with Crippen LogP contribution in [0.5, 0.6) is 0 Å². The molecule has 0 unspecified atom stereocenters. The number of halogens is 1. The van der Waals surface area contributed by atoms with Crippen molar-refractivity contribution in [3.63, 3.8) is 0 Å². The summed E-state index contributed by atoms with van der Waals surface area (Å²) in [5.74, 6) is 1.73. The van der Waals surface area contributed by atoms with Gasteiger partial charge in [0.2, 0.25) is 5.95 Å². The lowest BCUT2D eigenvalue weighted by molar-refractivity contribution is 0.263. The fourth-order valence-corrected chi connectivity index (χ4v) is 4.38. The molecular formula is C25H27ClN8O. The fraction of sp³-hybridized carbons (Fsp3) is 0.280. The summed E-state index contributed by atoms with van der Waals surface area (Å²) in [6, 6.07) is 13.4. The molecule has 1 aliphatic heterocycles. The van der Waals surface area contributed by atoms with Crippen molar-refractivity contribution < 1.29 is 0 Å². The molecule has 1 saturated heterocycles. The number of rotatable bonds is 7. The van der Waals surface area contributed by atoms with Crippen LogP contribution >= 0.6 is 11.6 Å². The molecule has 9 nitrogen and oxygen atoms in total. The monoisotopic (exact) mass is 490 g/mol. The van der Waals surface area contributed by atoms with Crippen molar-refractivity contribution in [2.45, 2.75) is 25.4 Å². The Labute approximate surface area is 208 Å². The summed E-state index contributed by atoms with van der Waals surface area (Å²) in [4.78, 5) is 29.4. The number of nitrogens with one attached hydrogen (secondary N) is 2. The summed E-state index contributed by atoms with van der Waals surface area (Å²) in [6.45, 7) is 6.23. The topological polar surface area (TPSA) is 92.9 Å². The Bertz CT molecular complexity index is 1400. The zero-order valence-corrected chi connectivity index (χ0v) is 20.2. The number of nitrogens with zero attached hydrogens (tertiary/aromatic N) is 6. The maximum absolute atomic E-state index is 13.2. The van der Waals surface area contributed by atoms with Crippen molar-refractivity contribution in [3.05, 3.63) is 76.7 Å². The highest BCUT2D eigenvalue weighted by Crippen LogP contribution is 2.21. The van der Waals surface area contributed by atoms with Crippen LogP contribution in [0.3, 0.4) is 0 Å². The van der Waals surface area contributed by atoms with E-state index in [2.05, 4.69) is 39.1 Å². The third-order valence-corrected chi connectivity index (χ3v) is 6.35. The van der Waals surface area contributed by atoms with Gasteiger partial charge < -0.3 is 15.5 Å². The van der Waals surface area contributed by atoms with Crippen LogP contribution in [-0.4, -0.2) is 55.4 Å². The van der Waals surface area contributed by atoms with E-state index >= 15 is 0 Å². The van der Waals surface area contributed by atoms with E-state index in [-0.39, 0.29) is 5.56 Å². The zero-order valence-electron chi connectivity index (χ0n) is 19.5. The quantitative estimate of drug-likeness (QED) is 0.377. The van der Waals surface area contributed by atoms with Crippen LogP contribution in [-0.2, 0) is 6.54 Å². The summed E-state index contributed by atoms with van der Waals surface area (Å²) >= 11 is 5.99. The van der Waals surface area contributed by atoms with Gasteiger partial charge in [-0.25, -0.2) is 19.3 Å². The Balaban J connectivity index is 1.53. The molecule has 4 aromatic rings. The first-order valence-electron chi connectivity index (χ1n) is 11.6. The standard InChI is InChI=1S/C25H27ClN8O/c1-3-13-33-24(35)20-16-27-25(29-18-9-7-17(26)8-10-18)31-23(20)34(33)22-6-4-5-21(30-22)28-19-11-14-32(2)15-12-19/h3-10,16,19H,1,11-15H2,2H3,(H,28,30)(H,27,29,31). The molecule has 5 rings (SSSR count). The van der Waals surface area contributed by atoms with Gasteiger partial charge in [-0.1, -0.05) is 23.7 Å². The van der Waals surface area contributed by atoms with Gasteiger partial charge in [-0.15, -0.1) is 6.58 Å². The van der Waals surface area contributed by atoms with E-state index in [4.69, 9.17) is 16.6 Å². The number of benzene rings is 1. The van der Waals surface area contributed by atoms with E-state index in [1.165, 1.54) is 0 Å². The number of allylic oxidation sites excluding steroid dienone is 1. The number of hydrogen-bond acceptors (Lipinski definition) is 7. The molecule has 2 N–H and O–H groups in total. The van der Waals surface area contributed by atoms with E-state index in [0.29, 0.717) is 40.4 Å². The Morgan fingerprint density at radius 3 is 2.66 bits per heavy atom. The third kappa shape index (κ3) is 4.91. The first kappa shape index (κ1) is 23.1. The van der Waals surface area contributed by atoms with Crippen LogP contribution in [0.15, 0.2) is 66.1 Å². The molecule has 1 fully saturated rings. The molecule has 0 radical (unpaired) electrons. The minimum Gasteiger partial charge on any atom is -0.367 e. The highest BCUT2D eigenvalue weighted by molar-refractivity contribution is 6.30. The number of likely N-dealkylation sites (tertiary alicyclic amines) is 1. The van der Waals surface area contributed by atoms with Gasteiger partial charge in [-0.2, -0.15) is 4.98 Å². The number of hydrogen-bond donors (Lipinski definition) is 2. The lowest BCUT2D eigenvalue weighted by Gasteiger charge is -2.29. The smallest absolute Gasteiger partial charge is 0.278 e. The molecular weight excluding hydrogens is 464 g/mol. The molecule has 0 atom stereocenters. The van der Waals surface area contributed by atoms with Gasteiger partial charge in [0, 0.05) is 22.9 Å². The molecule has 0 aliphatic carbocycles. The molecule has 10 heteroatoms. The Hall–Kier alpha value is -3.69. The predicted octanol–water partition coefficient (Wildman–Crippen LogP) is 4.07. The Morgan fingerprint density at radius 1 is 1.14 bits per heavy atom. The van der Waals surface area contributed by atoms with E-state index < -0.39 is 0 Å². The largest absolute Gasteiger partial charge is 0.367 e. The van der Waals surface area contributed by atoms with Crippen LogP contribution in [0.1, 0.15) is 12.8 Å². The molecule has 35 heavy (non-hydrogen) atoms. The SMILES string of the molecule is C=CCn1c(=O)c2cnc(Nc3ccc(Cl)cc3)nc2n1-c1cccc(NC2CCN(C)CC2)n1. The minimum absolute atomic E-state index is 0.201. The summed E-state index contributed by atoms with van der Waals surface area (Å²) in [5, 5.41) is 7.77. The van der Waals surface area contributed by atoms with Crippen LogP contribution in [0.2, 0.25) is 5.02 Å². The van der Waals surface area contributed by atoms with Crippen LogP contribution < -0.4 is 16.2 Å². The summed E-state index contributed by atoms with van der Waals surface area (Å²) < 4.78 is 3.30. The van der Waals surface area contributed by atoms with Crippen molar-refractivity contribution in [1.29, 1.82) is 0 Å². The molecule has 4 heterocycles. The van der Waals surface area contributed by atoms with Crippen molar-refractivity contribution >= 4 is 40.1 Å². The van der Waals surface area contributed by atoms with Crippen LogP contribution in [0, 0.1) is 0 Å². The second-order valence-corrected chi connectivity index (χ2v) is 9.09. The first-order chi connectivity index (χ1) is 17.0. The molecule has 0 spiro atoms. The van der Waals surface area contributed by atoms with Gasteiger partial charge in [0.25, 0.3) is 5.56 Å². The van der Waals surface area contributed by atoms with Crippen LogP contribution in [0.25, 0.3) is 16.9 Å². The van der Waals surface area contributed by atoms with E-state index in [9.17, 15) is 4.79 Å². The lowest BCUT2D eigenvalue weighted by Crippen LogP contribution is -2.36. The van der Waals surface area contributed by atoms with Gasteiger partial charge in [0.1, 0.15) is 11.2 Å². The maximum Gasteiger partial charge on any atom is 0.278 e. The normalized spacial score (nSPS) is 14.8. The van der Waals surface area contributed by atoms with E-state index in [1.54, 1.807) is 33.8 Å². The number of piperidine rings is 1. The number of anilines is 3. The van der Waals surface area contributed by atoms with Gasteiger partial charge in [0.15, 0.2) is 11.5 Å². The highest BCUT2D eigenvalue weighted by atomic mass is 35.5. The average Bonchev–Trinajstić information content (AvgIpc) is 3.13. The van der Waals surface area contributed by atoms with Crippen molar-refractivity contribution in [2.75, 3.05) is 30.8 Å². The maximum atomic E-state index is 13.2. The van der Waals surface area contributed by atoms with Gasteiger partial charge in [0.05, 0.1) is 6.54 Å². The number of fused-ring (bicyclic) bond motifs is 1. The van der Waals surface area contributed by atoms with Gasteiger partial charge in [-0.05, 0) is 69.4 Å². The summed E-state index contributed by atoms with van der Waals surface area (Å²) in [5.41, 5.74) is 1.05. The van der Waals surface area contributed by atoms with Crippen molar-refractivity contribution in [2.24, 2.45) is 0 Å². The van der Waals surface area contributed by atoms with Gasteiger partial charge in [-0.3, -0.25) is 4.79 Å². The number of pyridine rings is 1. The van der Waals surface area contributed by atoms with E-state index in [0.717, 1.165) is 37.4 Å². The summed E-state index contributed by atoms with van der Waals surface area (Å²) in [6.07, 6.45) is 5.34.